The Bertz CT molecular complexity index is 1440. The van der Waals surface area contributed by atoms with Crippen LogP contribution in [0.1, 0.15) is 62.3 Å². The summed E-state index contributed by atoms with van der Waals surface area (Å²) in [5.41, 5.74) is -5.41. The molecule has 0 aromatic carbocycles. The number of ether oxygens (including phenoxy) is 6. The third kappa shape index (κ3) is 22.0. The van der Waals surface area contributed by atoms with Crippen LogP contribution < -0.4 is 17.1 Å². The molecule has 0 amide bonds. The van der Waals surface area contributed by atoms with Crippen LogP contribution in [0, 0.1) is 0 Å². The molecule has 0 aliphatic rings. The summed E-state index contributed by atoms with van der Waals surface area (Å²) in [6.07, 6.45) is 0. The summed E-state index contributed by atoms with van der Waals surface area (Å²) in [5, 5.41) is -2.48. The summed E-state index contributed by atoms with van der Waals surface area (Å²) in [5.74, 6) is -2.09. The van der Waals surface area contributed by atoms with Crippen molar-refractivity contribution in [3.63, 3.8) is 0 Å². The molecule has 0 bridgehead atoms. The number of aromatic nitrogens is 3. The molecule has 0 saturated carbocycles. The van der Waals surface area contributed by atoms with Crippen molar-refractivity contribution >= 4 is 98.6 Å². The molecule has 0 unspecified atom stereocenters. The molecular formula is C30H45N3O15S6. The summed E-state index contributed by atoms with van der Waals surface area (Å²) in [7, 11) is 4.39. The zero-order valence-electron chi connectivity index (χ0n) is 31.3. The van der Waals surface area contributed by atoms with Crippen LogP contribution in [0.3, 0.4) is 0 Å². The molecule has 18 nitrogen and oxygen atoms in total. The zero-order chi connectivity index (χ0) is 41.3. The van der Waals surface area contributed by atoms with E-state index in [1.54, 1.807) is 62.3 Å². The maximum absolute atomic E-state index is 13.3. The van der Waals surface area contributed by atoms with Gasteiger partial charge in [-0.05, 0) is 62.3 Å². The smallest absolute Gasteiger partial charge is 0.378 e. The van der Waals surface area contributed by atoms with E-state index in [9.17, 15) is 43.2 Å². The number of nitrogens with zero attached hydrogens (tertiary/aromatic N) is 3. The van der Waals surface area contributed by atoms with Crippen molar-refractivity contribution in [1.82, 2.24) is 13.7 Å². The molecule has 0 saturated heterocycles. The van der Waals surface area contributed by atoms with E-state index >= 15 is 0 Å². The van der Waals surface area contributed by atoms with Crippen LogP contribution in [-0.4, -0.2) is 101 Å². The molecule has 0 aliphatic heterocycles. The Morgan fingerprint density at radius 3 is 0.870 bits per heavy atom. The third-order valence-corrected chi connectivity index (χ3v) is 10.7. The lowest BCUT2D eigenvalue weighted by atomic mass is 10.2. The molecule has 0 spiro atoms. The molecule has 54 heavy (non-hydrogen) atoms. The quantitative estimate of drug-likeness (QED) is 0.110. The molecule has 0 radical (unpaired) electrons. The summed E-state index contributed by atoms with van der Waals surface area (Å²) in [6, 6.07) is 0. The SMILES string of the molecule is CC(C)(C)OC(=O)CSSC(=O)OCCn1c(=O)n(CCOC(=O)SSCC(=O)OC(C)(C)C)c(=O)n(CCOC(=O)SSCC(=O)OC(C)(C)C)c1=O. The van der Waals surface area contributed by atoms with Gasteiger partial charge in [-0.3, -0.25) is 14.4 Å². The number of carbonyl (C=O) groups excluding carboxylic acids is 6. The normalized spacial score (nSPS) is 11.7. The monoisotopic (exact) mass is 879 g/mol. The number of esters is 3. The van der Waals surface area contributed by atoms with Crippen molar-refractivity contribution in [3.8, 4) is 0 Å². The molecular weight excluding hydrogens is 835 g/mol. The highest BCUT2D eigenvalue weighted by Gasteiger charge is 2.21. The lowest BCUT2D eigenvalue weighted by molar-refractivity contribution is -0.152. The van der Waals surface area contributed by atoms with Gasteiger partial charge in [0.05, 0.1) is 19.6 Å². The Balaban J connectivity index is 2.97. The van der Waals surface area contributed by atoms with Gasteiger partial charge in [-0.1, -0.05) is 32.4 Å². The number of carbonyl (C=O) groups is 6. The lowest BCUT2D eigenvalue weighted by Gasteiger charge is -2.18. The average molecular weight is 880 g/mol. The fourth-order valence-electron chi connectivity index (χ4n) is 3.48. The molecule has 1 rings (SSSR count). The van der Waals surface area contributed by atoms with Gasteiger partial charge < -0.3 is 28.4 Å². The minimum absolute atomic E-state index is 0.150. The molecule has 306 valence electrons. The second-order valence-electron chi connectivity index (χ2n) is 13.4. The number of rotatable bonds is 18. The standard InChI is InChI=1S/C30H45N3O15S6/c1-28(2,3)46-19(34)16-49-52-25(40)43-13-10-31-22(37)32(11-14-44-26(41)53-50-17-20(35)47-29(4,5)6)24(39)33(23(31)38)12-15-45-27(42)54-51-18-21(36)48-30(7,8)9/h10-18H2,1-9H3. The van der Waals surface area contributed by atoms with E-state index in [-0.39, 0.29) is 17.3 Å². The maximum Gasteiger partial charge on any atom is 0.378 e. The number of hydrogen-bond acceptors (Lipinski definition) is 21. The molecule has 24 heteroatoms. The summed E-state index contributed by atoms with van der Waals surface area (Å²) in [6.45, 7) is 12.3. The summed E-state index contributed by atoms with van der Waals surface area (Å²) >= 11 is 0. The lowest BCUT2D eigenvalue weighted by Crippen LogP contribution is -2.55. The van der Waals surface area contributed by atoms with Crippen LogP contribution in [0.25, 0.3) is 0 Å². The molecule has 0 aliphatic carbocycles. The van der Waals surface area contributed by atoms with Crippen molar-refractivity contribution in [2.45, 2.75) is 98.8 Å². The van der Waals surface area contributed by atoms with Crippen LogP contribution in [-0.2, 0) is 62.4 Å². The fraction of sp³-hybridized carbons (Fsp3) is 0.700. The van der Waals surface area contributed by atoms with Gasteiger partial charge in [0.1, 0.15) is 53.9 Å². The summed E-state index contributed by atoms with van der Waals surface area (Å²) < 4.78 is 32.6. The Labute approximate surface area is 335 Å². The van der Waals surface area contributed by atoms with E-state index < -0.39 is 107 Å². The highest BCUT2D eigenvalue weighted by atomic mass is 33.1. The van der Waals surface area contributed by atoms with Crippen molar-refractivity contribution in [2.75, 3.05) is 37.1 Å². The third-order valence-electron chi connectivity index (χ3n) is 5.16. The van der Waals surface area contributed by atoms with Crippen molar-refractivity contribution in [2.24, 2.45) is 0 Å². The highest BCUT2D eigenvalue weighted by Crippen LogP contribution is 2.26. The van der Waals surface area contributed by atoms with Crippen molar-refractivity contribution in [1.29, 1.82) is 0 Å². The molecule has 1 aromatic heterocycles. The van der Waals surface area contributed by atoms with Gasteiger partial charge in [-0.25, -0.2) is 42.5 Å². The van der Waals surface area contributed by atoms with Gasteiger partial charge in [0.15, 0.2) is 0 Å². The van der Waals surface area contributed by atoms with Gasteiger partial charge in [0.25, 0.3) is 0 Å². The first-order chi connectivity index (χ1) is 24.9. The van der Waals surface area contributed by atoms with Gasteiger partial charge in [-0.2, -0.15) is 0 Å². The average Bonchev–Trinajstić information content (AvgIpc) is 2.99. The van der Waals surface area contributed by atoms with Gasteiger partial charge in [0, 0.05) is 32.4 Å². The van der Waals surface area contributed by atoms with E-state index in [1.807, 2.05) is 0 Å². The van der Waals surface area contributed by atoms with E-state index in [2.05, 4.69) is 0 Å². The van der Waals surface area contributed by atoms with Crippen LogP contribution in [0.2, 0.25) is 0 Å². The Hall–Kier alpha value is -2.67. The van der Waals surface area contributed by atoms with Crippen molar-refractivity contribution < 1.29 is 57.2 Å². The Morgan fingerprint density at radius 1 is 0.444 bits per heavy atom. The second kappa shape index (κ2) is 23.4. The molecule has 0 atom stereocenters. The minimum atomic E-state index is -1.10. The first-order valence-electron chi connectivity index (χ1n) is 15.9. The van der Waals surface area contributed by atoms with Gasteiger partial charge in [-0.15, -0.1) is 0 Å². The van der Waals surface area contributed by atoms with Crippen LogP contribution in [0.15, 0.2) is 14.4 Å². The predicted octanol–water partition coefficient (Wildman–Crippen LogP) is 4.75. The van der Waals surface area contributed by atoms with Crippen LogP contribution in [0.4, 0.5) is 14.4 Å². The van der Waals surface area contributed by atoms with E-state index in [0.717, 1.165) is 32.4 Å². The van der Waals surface area contributed by atoms with Gasteiger partial charge in [0.2, 0.25) is 0 Å². The first-order valence-corrected chi connectivity index (χ1v) is 22.8. The fourth-order valence-corrected chi connectivity index (χ4v) is 7.50. The molecule has 0 N–H and O–H groups in total. The predicted molar refractivity (Wildman–Crippen MR) is 211 cm³/mol. The van der Waals surface area contributed by atoms with Gasteiger partial charge >= 0.3 is 50.9 Å². The highest BCUT2D eigenvalue weighted by molar-refractivity contribution is 8.82. The van der Waals surface area contributed by atoms with E-state index in [4.69, 9.17) is 28.4 Å². The Morgan fingerprint density at radius 2 is 0.667 bits per heavy atom. The molecule has 1 heterocycles. The van der Waals surface area contributed by atoms with Crippen LogP contribution in [0.5, 0.6) is 0 Å². The van der Waals surface area contributed by atoms with Crippen LogP contribution >= 0.6 is 64.8 Å². The minimum Gasteiger partial charge on any atom is -0.459 e. The van der Waals surface area contributed by atoms with Crippen molar-refractivity contribution in [3.05, 3.63) is 31.5 Å². The zero-order valence-corrected chi connectivity index (χ0v) is 36.2. The summed E-state index contributed by atoms with van der Waals surface area (Å²) in [4.78, 5) is 112. The largest absolute Gasteiger partial charge is 0.459 e. The first kappa shape index (κ1) is 49.3. The second-order valence-corrected chi connectivity index (χ2v) is 20.1. The topological polar surface area (TPSA) is 224 Å². The van der Waals surface area contributed by atoms with E-state index in [0.29, 0.717) is 46.1 Å². The number of hydrogen-bond donors (Lipinski definition) is 0. The molecule has 0 fully saturated rings. The van der Waals surface area contributed by atoms with E-state index in [1.165, 1.54) is 0 Å². The Kier molecular flexibility index (Phi) is 21.4. The maximum atomic E-state index is 13.3. The molecule has 1 aromatic rings.